The van der Waals surface area contributed by atoms with Crippen molar-refractivity contribution in [3.63, 3.8) is 0 Å². The standard InChI is InChI=1S/C13H26N2O2/c1-4-13(14,5-2)10-17-9-12(16)15(6-3)11-7-8-11/h11H,4-10,14H2,1-3H3. The van der Waals surface area contributed by atoms with Crippen LogP contribution >= 0.6 is 0 Å². The van der Waals surface area contributed by atoms with Gasteiger partial charge in [0.2, 0.25) is 5.91 Å². The summed E-state index contributed by atoms with van der Waals surface area (Å²) in [5, 5.41) is 0. The molecule has 0 spiro atoms. The van der Waals surface area contributed by atoms with E-state index >= 15 is 0 Å². The molecule has 1 amide bonds. The van der Waals surface area contributed by atoms with Crippen LogP contribution in [0.25, 0.3) is 0 Å². The van der Waals surface area contributed by atoms with Crippen molar-refractivity contribution < 1.29 is 9.53 Å². The van der Waals surface area contributed by atoms with Crippen molar-refractivity contribution in [2.45, 2.75) is 58.0 Å². The molecule has 0 bridgehead atoms. The zero-order valence-electron chi connectivity index (χ0n) is 11.4. The minimum absolute atomic E-state index is 0.101. The van der Waals surface area contributed by atoms with Crippen LogP contribution in [0.4, 0.5) is 0 Å². The second kappa shape index (κ2) is 6.36. The van der Waals surface area contributed by atoms with Crippen LogP contribution in [0, 0.1) is 0 Å². The lowest BCUT2D eigenvalue weighted by Crippen LogP contribution is -2.44. The van der Waals surface area contributed by atoms with Gasteiger partial charge >= 0.3 is 0 Å². The summed E-state index contributed by atoms with van der Waals surface area (Å²) >= 11 is 0. The second-order valence-electron chi connectivity index (χ2n) is 4.97. The van der Waals surface area contributed by atoms with Gasteiger partial charge in [-0.2, -0.15) is 0 Å². The van der Waals surface area contributed by atoms with E-state index in [1.807, 2.05) is 11.8 Å². The van der Waals surface area contributed by atoms with Gasteiger partial charge in [-0.15, -0.1) is 0 Å². The van der Waals surface area contributed by atoms with E-state index in [9.17, 15) is 4.79 Å². The van der Waals surface area contributed by atoms with Gasteiger partial charge in [0.15, 0.2) is 0 Å². The molecule has 0 heterocycles. The molecule has 100 valence electrons. The van der Waals surface area contributed by atoms with Crippen molar-refractivity contribution in [3.8, 4) is 0 Å². The van der Waals surface area contributed by atoms with Crippen LogP contribution in [0.1, 0.15) is 46.5 Å². The summed E-state index contributed by atoms with van der Waals surface area (Å²) in [7, 11) is 0. The Bertz CT molecular complexity index is 248. The van der Waals surface area contributed by atoms with Crippen molar-refractivity contribution in [1.82, 2.24) is 4.90 Å². The first-order chi connectivity index (χ1) is 8.06. The molecule has 0 aromatic heterocycles. The number of hydrogen-bond acceptors (Lipinski definition) is 3. The van der Waals surface area contributed by atoms with E-state index in [2.05, 4.69) is 13.8 Å². The van der Waals surface area contributed by atoms with E-state index in [4.69, 9.17) is 10.5 Å². The number of ether oxygens (including phenoxy) is 1. The number of hydrogen-bond donors (Lipinski definition) is 1. The molecule has 4 heteroatoms. The van der Waals surface area contributed by atoms with Crippen LogP contribution < -0.4 is 5.73 Å². The van der Waals surface area contributed by atoms with Crippen molar-refractivity contribution >= 4 is 5.91 Å². The zero-order valence-corrected chi connectivity index (χ0v) is 11.4. The molecule has 1 fully saturated rings. The van der Waals surface area contributed by atoms with Gasteiger partial charge in [-0.05, 0) is 32.6 Å². The molecule has 1 aliphatic rings. The third-order valence-electron chi connectivity index (χ3n) is 3.67. The zero-order chi connectivity index (χ0) is 12.9. The Hall–Kier alpha value is -0.610. The van der Waals surface area contributed by atoms with Crippen molar-refractivity contribution in [3.05, 3.63) is 0 Å². The highest BCUT2D eigenvalue weighted by molar-refractivity contribution is 5.78. The Morgan fingerprint density at radius 1 is 1.35 bits per heavy atom. The van der Waals surface area contributed by atoms with Crippen molar-refractivity contribution in [2.75, 3.05) is 19.8 Å². The van der Waals surface area contributed by atoms with E-state index < -0.39 is 0 Å². The monoisotopic (exact) mass is 242 g/mol. The maximum absolute atomic E-state index is 11.9. The molecule has 2 N–H and O–H groups in total. The van der Waals surface area contributed by atoms with Crippen LogP contribution in [0.3, 0.4) is 0 Å². The average molecular weight is 242 g/mol. The second-order valence-corrected chi connectivity index (χ2v) is 4.97. The minimum Gasteiger partial charge on any atom is -0.370 e. The summed E-state index contributed by atoms with van der Waals surface area (Å²) in [6.45, 7) is 7.54. The summed E-state index contributed by atoms with van der Waals surface area (Å²) < 4.78 is 5.49. The fourth-order valence-electron chi connectivity index (χ4n) is 1.90. The Kier molecular flexibility index (Phi) is 5.40. The van der Waals surface area contributed by atoms with E-state index in [-0.39, 0.29) is 18.1 Å². The van der Waals surface area contributed by atoms with Crippen LogP contribution in [-0.2, 0) is 9.53 Å². The molecule has 1 saturated carbocycles. The fourth-order valence-corrected chi connectivity index (χ4v) is 1.90. The van der Waals surface area contributed by atoms with Gasteiger partial charge in [0.1, 0.15) is 6.61 Å². The lowest BCUT2D eigenvalue weighted by Gasteiger charge is -2.27. The average Bonchev–Trinajstić information content (AvgIpc) is 3.14. The van der Waals surface area contributed by atoms with Gasteiger partial charge < -0.3 is 15.4 Å². The first-order valence-electron chi connectivity index (χ1n) is 6.72. The molecule has 0 saturated heterocycles. The maximum atomic E-state index is 11.9. The van der Waals surface area contributed by atoms with Crippen molar-refractivity contribution in [2.24, 2.45) is 5.73 Å². The van der Waals surface area contributed by atoms with Crippen LogP contribution in [-0.4, -0.2) is 42.1 Å². The lowest BCUT2D eigenvalue weighted by atomic mass is 9.96. The van der Waals surface area contributed by atoms with Crippen LogP contribution in [0.15, 0.2) is 0 Å². The topological polar surface area (TPSA) is 55.6 Å². The Morgan fingerprint density at radius 3 is 2.35 bits per heavy atom. The molecule has 1 rings (SSSR count). The first-order valence-corrected chi connectivity index (χ1v) is 6.72. The molecule has 4 nitrogen and oxygen atoms in total. The summed E-state index contributed by atoms with van der Waals surface area (Å²) in [4.78, 5) is 13.8. The van der Waals surface area contributed by atoms with E-state index in [0.29, 0.717) is 12.6 Å². The summed E-state index contributed by atoms with van der Waals surface area (Å²) in [5.41, 5.74) is 5.83. The third kappa shape index (κ3) is 4.28. The van der Waals surface area contributed by atoms with Gasteiger partial charge in [-0.3, -0.25) is 4.79 Å². The predicted octanol–water partition coefficient (Wildman–Crippen LogP) is 1.53. The van der Waals surface area contributed by atoms with E-state index in [0.717, 1.165) is 32.2 Å². The quantitative estimate of drug-likeness (QED) is 0.702. The maximum Gasteiger partial charge on any atom is 0.248 e. The SMILES string of the molecule is CCN(C(=O)COCC(N)(CC)CC)C1CC1. The molecule has 17 heavy (non-hydrogen) atoms. The highest BCUT2D eigenvalue weighted by Gasteiger charge is 2.31. The predicted molar refractivity (Wildman–Crippen MR) is 68.7 cm³/mol. The largest absolute Gasteiger partial charge is 0.370 e. The number of carbonyl (C=O) groups excluding carboxylic acids is 1. The summed E-state index contributed by atoms with van der Waals surface area (Å²) in [6, 6.07) is 0.469. The van der Waals surface area contributed by atoms with Gasteiger partial charge in [0.25, 0.3) is 0 Å². The van der Waals surface area contributed by atoms with Gasteiger partial charge in [0, 0.05) is 18.1 Å². The van der Waals surface area contributed by atoms with E-state index in [1.165, 1.54) is 0 Å². The lowest BCUT2D eigenvalue weighted by molar-refractivity contribution is -0.137. The normalized spacial score (nSPS) is 16.0. The molecule has 0 aliphatic heterocycles. The number of nitrogens with two attached hydrogens (primary N) is 1. The highest BCUT2D eigenvalue weighted by Crippen LogP contribution is 2.26. The molecular weight excluding hydrogens is 216 g/mol. The number of likely N-dealkylation sites (N-methyl/N-ethyl adjacent to an activating group) is 1. The van der Waals surface area contributed by atoms with Gasteiger partial charge in [0.05, 0.1) is 6.61 Å². The fraction of sp³-hybridized carbons (Fsp3) is 0.923. The number of rotatable bonds is 8. The molecule has 0 radical (unpaired) electrons. The Balaban J connectivity index is 2.27. The molecule has 0 aromatic rings. The Morgan fingerprint density at radius 2 is 1.94 bits per heavy atom. The summed E-state index contributed by atoms with van der Waals surface area (Å²) in [5.74, 6) is 0.101. The first kappa shape index (κ1) is 14.5. The smallest absolute Gasteiger partial charge is 0.248 e. The van der Waals surface area contributed by atoms with Crippen LogP contribution in [0.5, 0.6) is 0 Å². The molecule has 0 aromatic carbocycles. The van der Waals surface area contributed by atoms with Crippen molar-refractivity contribution in [1.29, 1.82) is 0 Å². The molecule has 0 atom stereocenters. The molecule has 1 aliphatic carbocycles. The van der Waals surface area contributed by atoms with E-state index in [1.54, 1.807) is 0 Å². The molecule has 0 unspecified atom stereocenters. The number of nitrogens with zero attached hydrogens (tertiary/aromatic N) is 1. The Labute approximate surface area is 104 Å². The minimum atomic E-state index is -0.281. The van der Waals surface area contributed by atoms with Gasteiger partial charge in [-0.1, -0.05) is 13.8 Å². The van der Waals surface area contributed by atoms with Crippen LogP contribution in [0.2, 0.25) is 0 Å². The molecular formula is C13H26N2O2. The highest BCUT2D eigenvalue weighted by atomic mass is 16.5. The third-order valence-corrected chi connectivity index (χ3v) is 3.67. The number of carbonyl (C=O) groups is 1. The van der Waals surface area contributed by atoms with Gasteiger partial charge in [-0.25, -0.2) is 0 Å². The number of amides is 1. The summed E-state index contributed by atoms with van der Waals surface area (Å²) in [6.07, 6.45) is 4.03.